The number of allylic oxidation sites excluding steroid dienone is 1. The summed E-state index contributed by atoms with van der Waals surface area (Å²) in [6.07, 6.45) is 11.0. The maximum Gasteiger partial charge on any atom is 0.251 e. The van der Waals surface area contributed by atoms with E-state index in [0.29, 0.717) is 23.3 Å². The molecule has 37 heavy (non-hydrogen) atoms. The lowest BCUT2D eigenvalue weighted by atomic mass is 9.80. The number of carbonyl (C=O) groups excluding carboxylic acids is 2. The highest BCUT2D eigenvalue weighted by Gasteiger charge is 2.28. The molecule has 2 amide bonds. The summed E-state index contributed by atoms with van der Waals surface area (Å²) < 4.78 is 0. The molecular formula is C32H39N3O2. The van der Waals surface area contributed by atoms with Gasteiger partial charge in [0.15, 0.2) is 0 Å². The Morgan fingerprint density at radius 1 is 0.973 bits per heavy atom. The molecule has 0 aliphatic heterocycles. The fourth-order valence-electron chi connectivity index (χ4n) is 6.09. The van der Waals surface area contributed by atoms with Gasteiger partial charge < -0.3 is 15.6 Å². The van der Waals surface area contributed by atoms with Crippen molar-refractivity contribution in [1.82, 2.24) is 10.3 Å². The quantitative estimate of drug-likeness (QED) is 0.312. The van der Waals surface area contributed by atoms with E-state index in [4.69, 9.17) is 0 Å². The van der Waals surface area contributed by atoms with Gasteiger partial charge >= 0.3 is 0 Å². The number of aromatic nitrogens is 1. The van der Waals surface area contributed by atoms with Crippen molar-refractivity contribution in [3.8, 4) is 11.3 Å². The third-order valence-electron chi connectivity index (χ3n) is 8.45. The highest BCUT2D eigenvalue weighted by Crippen LogP contribution is 2.31. The van der Waals surface area contributed by atoms with Crippen molar-refractivity contribution in [2.24, 2.45) is 23.7 Å². The fourth-order valence-corrected chi connectivity index (χ4v) is 6.09. The standard InChI is InChI=1S/C32H39N3O2/c1-4-22-17-20(2)9-15-28(22)35-31(36)24-12-16-29-25(18-24)19-30(34-29)23-10-13-26(14-11-23)33-32(37)27-8-6-5-7-21(27)3/h9-16,18-22,27-28,34H,4-8,17H2,1-3H3,(H,33,37)(H,35,36)/t20-,21?,22-,27?,28-/m0/s1. The minimum atomic E-state index is -0.0281. The summed E-state index contributed by atoms with van der Waals surface area (Å²) in [5.41, 5.74) is 4.53. The fraction of sp³-hybridized carbons (Fsp3) is 0.438. The Labute approximate surface area is 220 Å². The summed E-state index contributed by atoms with van der Waals surface area (Å²) in [4.78, 5) is 29.3. The second-order valence-electron chi connectivity index (χ2n) is 11.2. The third kappa shape index (κ3) is 5.66. The van der Waals surface area contributed by atoms with E-state index in [2.05, 4.69) is 54.6 Å². The van der Waals surface area contributed by atoms with Crippen LogP contribution in [0.4, 0.5) is 5.69 Å². The average molecular weight is 498 g/mol. The van der Waals surface area contributed by atoms with Crippen LogP contribution < -0.4 is 10.6 Å². The topological polar surface area (TPSA) is 74.0 Å². The summed E-state index contributed by atoms with van der Waals surface area (Å²) in [5.74, 6) is 1.71. The van der Waals surface area contributed by atoms with E-state index in [1.807, 2.05) is 42.5 Å². The van der Waals surface area contributed by atoms with Crippen molar-refractivity contribution < 1.29 is 9.59 Å². The van der Waals surface area contributed by atoms with Crippen LogP contribution in [0.25, 0.3) is 22.2 Å². The highest BCUT2D eigenvalue weighted by molar-refractivity contribution is 5.99. The molecule has 5 rings (SSSR count). The molecule has 2 unspecified atom stereocenters. The van der Waals surface area contributed by atoms with Gasteiger partial charge in [0.05, 0.1) is 6.04 Å². The van der Waals surface area contributed by atoms with Crippen LogP contribution in [0.2, 0.25) is 0 Å². The maximum atomic E-state index is 13.0. The Morgan fingerprint density at radius 3 is 2.51 bits per heavy atom. The zero-order valence-electron chi connectivity index (χ0n) is 22.2. The van der Waals surface area contributed by atoms with Gasteiger partial charge in [-0.25, -0.2) is 0 Å². The van der Waals surface area contributed by atoms with Gasteiger partial charge in [-0.15, -0.1) is 0 Å². The molecule has 1 aromatic heterocycles. The van der Waals surface area contributed by atoms with Crippen molar-refractivity contribution in [2.75, 3.05) is 5.32 Å². The Bertz CT molecular complexity index is 1290. The van der Waals surface area contributed by atoms with Gasteiger partial charge in [0, 0.05) is 33.8 Å². The lowest BCUT2D eigenvalue weighted by Crippen LogP contribution is -2.41. The van der Waals surface area contributed by atoms with E-state index in [0.717, 1.165) is 60.0 Å². The van der Waals surface area contributed by atoms with Gasteiger partial charge in [-0.1, -0.05) is 64.3 Å². The van der Waals surface area contributed by atoms with Crippen molar-refractivity contribution in [2.45, 2.75) is 65.3 Å². The van der Waals surface area contributed by atoms with E-state index < -0.39 is 0 Å². The average Bonchev–Trinajstić information content (AvgIpc) is 3.33. The lowest BCUT2D eigenvalue weighted by Gasteiger charge is -2.30. The molecule has 2 aliphatic rings. The molecule has 194 valence electrons. The zero-order chi connectivity index (χ0) is 25.9. The minimum absolute atomic E-state index is 0.0281. The molecule has 2 aromatic carbocycles. The predicted octanol–water partition coefficient (Wildman–Crippen LogP) is 7.32. The van der Waals surface area contributed by atoms with Crippen molar-refractivity contribution >= 4 is 28.4 Å². The molecule has 0 saturated heterocycles. The Hall–Kier alpha value is -3.34. The molecule has 1 saturated carbocycles. The van der Waals surface area contributed by atoms with Crippen LogP contribution in [-0.4, -0.2) is 22.8 Å². The normalized spacial score (nSPS) is 25.6. The van der Waals surface area contributed by atoms with E-state index in [-0.39, 0.29) is 23.8 Å². The summed E-state index contributed by atoms with van der Waals surface area (Å²) in [6.45, 7) is 6.61. The predicted molar refractivity (Wildman–Crippen MR) is 151 cm³/mol. The first kappa shape index (κ1) is 25.3. The number of H-pyrrole nitrogens is 1. The van der Waals surface area contributed by atoms with Crippen LogP contribution in [0.3, 0.4) is 0 Å². The molecule has 0 spiro atoms. The molecule has 2 aliphatic carbocycles. The number of benzene rings is 2. The van der Waals surface area contributed by atoms with E-state index in [1.165, 1.54) is 6.42 Å². The van der Waals surface area contributed by atoms with Crippen molar-refractivity contribution in [1.29, 1.82) is 0 Å². The van der Waals surface area contributed by atoms with E-state index >= 15 is 0 Å². The van der Waals surface area contributed by atoms with E-state index in [9.17, 15) is 9.59 Å². The Kier molecular flexibility index (Phi) is 7.50. The SMILES string of the molecule is CC[C@H]1C[C@@H](C)C=C[C@@H]1NC(=O)c1ccc2[nH]c(-c3ccc(NC(=O)C4CCCCC4C)cc3)cc2c1. The lowest BCUT2D eigenvalue weighted by molar-refractivity contribution is -0.122. The summed E-state index contributed by atoms with van der Waals surface area (Å²) in [6, 6.07) is 16.0. The molecule has 1 fully saturated rings. The summed E-state index contributed by atoms with van der Waals surface area (Å²) in [7, 11) is 0. The van der Waals surface area contributed by atoms with Crippen LogP contribution in [-0.2, 0) is 4.79 Å². The number of hydrogen-bond acceptors (Lipinski definition) is 2. The third-order valence-corrected chi connectivity index (χ3v) is 8.45. The Balaban J connectivity index is 1.27. The van der Waals surface area contributed by atoms with Gasteiger partial charge in [-0.2, -0.15) is 0 Å². The van der Waals surface area contributed by atoms with Crippen molar-refractivity contribution in [3.05, 3.63) is 66.2 Å². The number of aromatic amines is 1. The zero-order valence-corrected chi connectivity index (χ0v) is 22.2. The second kappa shape index (κ2) is 11.0. The van der Waals surface area contributed by atoms with Gasteiger partial charge in [0.1, 0.15) is 0 Å². The van der Waals surface area contributed by atoms with Gasteiger partial charge in [-0.3, -0.25) is 9.59 Å². The van der Waals surface area contributed by atoms with Gasteiger partial charge in [-0.05, 0) is 79.0 Å². The van der Waals surface area contributed by atoms with Crippen LogP contribution in [0, 0.1) is 23.7 Å². The number of rotatable bonds is 6. The minimum Gasteiger partial charge on any atom is -0.355 e. The molecule has 1 heterocycles. The first-order chi connectivity index (χ1) is 17.9. The largest absolute Gasteiger partial charge is 0.355 e. The first-order valence-electron chi connectivity index (χ1n) is 13.9. The second-order valence-corrected chi connectivity index (χ2v) is 11.2. The summed E-state index contributed by atoms with van der Waals surface area (Å²) in [5, 5.41) is 7.36. The molecule has 5 heteroatoms. The molecule has 3 N–H and O–H groups in total. The molecular weight excluding hydrogens is 458 g/mol. The molecule has 5 nitrogen and oxygen atoms in total. The molecule has 3 aromatic rings. The number of carbonyl (C=O) groups is 2. The number of anilines is 1. The number of nitrogens with one attached hydrogen (secondary N) is 3. The first-order valence-corrected chi connectivity index (χ1v) is 13.9. The molecule has 0 bridgehead atoms. The van der Waals surface area contributed by atoms with Crippen LogP contribution in [0.1, 0.15) is 69.7 Å². The number of amides is 2. The molecule has 5 atom stereocenters. The number of fused-ring (bicyclic) bond motifs is 1. The number of hydrogen-bond donors (Lipinski definition) is 3. The monoisotopic (exact) mass is 497 g/mol. The van der Waals surface area contributed by atoms with E-state index in [1.54, 1.807) is 0 Å². The van der Waals surface area contributed by atoms with Crippen molar-refractivity contribution in [3.63, 3.8) is 0 Å². The van der Waals surface area contributed by atoms with Crippen LogP contribution >= 0.6 is 0 Å². The Morgan fingerprint density at radius 2 is 1.76 bits per heavy atom. The maximum absolute atomic E-state index is 13.0. The van der Waals surface area contributed by atoms with Crippen LogP contribution in [0.5, 0.6) is 0 Å². The van der Waals surface area contributed by atoms with Gasteiger partial charge in [0.2, 0.25) is 5.91 Å². The highest BCUT2D eigenvalue weighted by atomic mass is 16.2. The summed E-state index contributed by atoms with van der Waals surface area (Å²) >= 11 is 0. The van der Waals surface area contributed by atoms with Crippen LogP contribution in [0.15, 0.2) is 60.7 Å². The molecule has 0 radical (unpaired) electrons. The smallest absolute Gasteiger partial charge is 0.251 e. The van der Waals surface area contributed by atoms with Gasteiger partial charge in [0.25, 0.3) is 5.91 Å².